The van der Waals surface area contributed by atoms with Gasteiger partial charge in [0, 0.05) is 12.1 Å². The van der Waals surface area contributed by atoms with Crippen molar-refractivity contribution < 1.29 is 4.52 Å². The van der Waals surface area contributed by atoms with Crippen molar-refractivity contribution >= 4 is 11.8 Å². The molecule has 88 valence electrons. The van der Waals surface area contributed by atoms with Gasteiger partial charge in [0.1, 0.15) is 6.04 Å². The van der Waals surface area contributed by atoms with Gasteiger partial charge in [-0.3, -0.25) is 0 Å². The highest BCUT2D eigenvalue weighted by atomic mass is 35.5. The summed E-state index contributed by atoms with van der Waals surface area (Å²) in [5.41, 5.74) is 2.18. The molecule has 0 N–H and O–H groups in total. The Kier molecular flexibility index (Phi) is 2.61. The SMILES string of the molecule is Cc1ccc(-c2noc([C@@H]3CCN3Cl)n2)cc1. The molecular weight excluding hydrogens is 238 g/mol. The van der Waals surface area contributed by atoms with Crippen molar-refractivity contribution in [3.8, 4) is 11.4 Å². The Hall–Kier alpha value is -1.39. The van der Waals surface area contributed by atoms with Crippen LogP contribution in [0.1, 0.15) is 23.9 Å². The van der Waals surface area contributed by atoms with Gasteiger partial charge in [-0.1, -0.05) is 35.0 Å². The summed E-state index contributed by atoms with van der Waals surface area (Å²) in [5, 5.41) is 3.98. The van der Waals surface area contributed by atoms with E-state index in [0.29, 0.717) is 11.7 Å². The third-order valence-electron chi connectivity index (χ3n) is 2.99. The van der Waals surface area contributed by atoms with Crippen LogP contribution in [0, 0.1) is 6.92 Å². The number of hydrogen-bond acceptors (Lipinski definition) is 4. The predicted molar refractivity (Wildman–Crippen MR) is 64.4 cm³/mol. The number of benzene rings is 1. The zero-order chi connectivity index (χ0) is 11.8. The third-order valence-corrected chi connectivity index (χ3v) is 3.40. The molecule has 17 heavy (non-hydrogen) atoms. The van der Waals surface area contributed by atoms with Gasteiger partial charge >= 0.3 is 0 Å². The number of aromatic nitrogens is 2. The average Bonchev–Trinajstić information content (AvgIpc) is 2.77. The van der Waals surface area contributed by atoms with Crippen LogP contribution in [0.5, 0.6) is 0 Å². The minimum atomic E-state index is 0.0726. The summed E-state index contributed by atoms with van der Waals surface area (Å²) in [6, 6.07) is 8.11. The van der Waals surface area contributed by atoms with Gasteiger partial charge in [-0.05, 0) is 25.1 Å². The Labute approximate surface area is 104 Å². The van der Waals surface area contributed by atoms with Crippen LogP contribution in [-0.4, -0.2) is 21.1 Å². The van der Waals surface area contributed by atoms with E-state index in [-0.39, 0.29) is 6.04 Å². The second-order valence-corrected chi connectivity index (χ2v) is 4.68. The number of nitrogens with zero attached hydrogens (tertiary/aromatic N) is 3. The molecule has 1 aliphatic heterocycles. The van der Waals surface area contributed by atoms with Crippen LogP contribution in [0.3, 0.4) is 0 Å². The summed E-state index contributed by atoms with van der Waals surface area (Å²) >= 11 is 5.93. The maximum absolute atomic E-state index is 5.93. The summed E-state index contributed by atoms with van der Waals surface area (Å²) in [4.78, 5) is 4.38. The van der Waals surface area contributed by atoms with Crippen LogP contribution < -0.4 is 0 Å². The molecule has 1 aliphatic rings. The maximum atomic E-state index is 5.93. The lowest BCUT2D eigenvalue weighted by molar-refractivity contribution is 0.163. The van der Waals surface area contributed by atoms with E-state index in [2.05, 4.69) is 10.1 Å². The first-order valence-electron chi connectivity index (χ1n) is 5.57. The largest absolute Gasteiger partial charge is 0.337 e. The quantitative estimate of drug-likeness (QED) is 0.768. The molecule has 0 saturated carbocycles. The van der Waals surface area contributed by atoms with E-state index in [1.165, 1.54) is 5.56 Å². The highest BCUT2D eigenvalue weighted by molar-refractivity contribution is 6.14. The molecule has 1 saturated heterocycles. The van der Waals surface area contributed by atoms with Crippen LogP contribution in [-0.2, 0) is 0 Å². The van der Waals surface area contributed by atoms with Gasteiger partial charge in [0.05, 0.1) is 0 Å². The summed E-state index contributed by atoms with van der Waals surface area (Å²) in [5.74, 6) is 1.22. The minimum Gasteiger partial charge on any atom is -0.337 e. The molecule has 0 amide bonds. The van der Waals surface area contributed by atoms with Crippen molar-refractivity contribution in [1.82, 2.24) is 14.6 Å². The van der Waals surface area contributed by atoms with Crippen molar-refractivity contribution in [2.75, 3.05) is 6.54 Å². The second-order valence-electron chi connectivity index (χ2n) is 4.25. The molecule has 0 radical (unpaired) electrons. The van der Waals surface area contributed by atoms with E-state index in [0.717, 1.165) is 18.5 Å². The molecule has 1 fully saturated rings. The first kappa shape index (κ1) is 10.7. The number of rotatable bonds is 2. The van der Waals surface area contributed by atoms with E-state index < -0.39 is 0 Å². The molecule has 1 aromatic heterocycles. The molecule has 2 heterocycles. The van der Waals surface area contributed by atoms with Crippen LogP contribution >= 0.6 is 11.8 Å². The van der Waals surface area contributed by atoms with Crippen LogP contribution in [0.4, 0.5) is 0 Å². The van der Waals surface area contributed by atoms with Crippen LogP contribution in [0.15, 0.2) is 28.8 Å². The molecule has 1 aromatic carbocycles. The zero-order valence-electron chi connectivity index (χ0n) is 9.43. The van der Waals surface area contributed by atoms with E-state index in [1.807, 2.05) is 31.2 Å². The highest BCUT2D eigenvalue weighted by Gasteiger charge is 2.33. The lowest BCUT2D eigenvalue weighted by Crippen LogP contribution is -2.33. The smallest absolute Gasteiger partial charge is 0.245 e. The average molecular weight is 250 g/mol. The summed E-state index contributed by atoms with van der Waals surface area (Å²) < 4.78 is 6.92. The van der Waals surface area contributed by atoms with E-state index >= 15 is 0 Å². The normalized spacial score (nSPS) is 20.2. The molecule has 5 heteroatoms. The first-order valence-corrected chi connectivity index (χ1v) is 5.91. The van der Waals surface area contributed by atoms with Gasteiger partial charge in [0.25, 0.3) is 0 Å². The second kappa shape index (κ2) is 4.13. The van der Waals surface area contributed by atoms with Crippen LogP contribution in [0.25, 0.3) is 11.4 Å². The van der Waals surface area contributed by atoms with Crippen molar-refractivity contribution in [3.63, 3.8) is 0 Å². The Bertz CT molecular complexity index is 523. The topological polar surface area (TPSA) is 42.2 Å². The maximum Gasteiger partial charge on any atom is 0.245 e. The molecule has 0 aliphatic carbocycles. The molecule has 2 aromatic rings. The standard InChI is InChI=1S/C12H12ClN3O/c1-8-2-4-9(5-3-8)11-14-12(17-15-11)10-6-7-16(10)13/h2-5,10H,6-7H2,1H3/t10-/m0/s1. The number of halogens is 1. The monoisotopic (exact) mass is 249 g/mol. The Balaban J connectivity index is 1.87. The lowest BCUT2D eigenvalue weighted by atomic mass is 10.1. The molecule has 0 spiro atoms. The van der Waals surface area contributed by atoms with E-state index in [1.54, 1.807) is 4.42 Å². The first-order chi connectivity index (χ1) is 8.24. The van der Waals surface area contributed by atoms with Gasteiger partial charge in [0.2, 0.25) is 11.7 Å². The van der Waals surface area contributed by atoms with Gasteiger partial charge in [-0.2, -0.15) is 4.98 Å². The number of hydrogen-bond donors (Lipinski definition) is 0. The Morgan fingerprint density at radius 1 is 1.35 bits per heavy atom. The third kappa shape index (κ3) is 1.94. The zero-order valence-corrected chi connectivity index (χ0v) is 10.2. The van der Waals surface area contributed by atoms with Gasteiger partial charge < -0.3 is 4.52 Å². The van der Waals surface area contributed by atoms with Gasteiger partial charge in [0.15, 0.2) is 0 Å². The van der Waals surface area contributed by atoms with Gasteiger partial charge in [-0.25, -0.2) is 4.42 Å². The fourth-order valence-electron chi connectivity index (χ4n) is 1.79. The lowest BCUT2D eigenvalue weighted by Gasteiger charge is -2.31. The summed E-state index contributed by atoms with van der Waals surface area (Å²) in [6.45, 7) is 2.92. The van der Waals surface area contributed by atoms with Gasteiger partial charge in [-0.15, -0.1) is 0 Å². The number of aryl methyl sites for hydroxylation is 1. The molecule has 0 unspecified atom stereocenters. The Morgan fingerprint density at radius 2 is 2.12 bits per heavy atom. The molecule has 3 rings (SSSR count). The fraction of sp³-hybridized carbons (Fsp3) is 0.333. The Morgan fingerprint density at radius 3 is 2.71 bits per heavy atom. The highest BCUT2D eigenvalue weighted by Crippen LogP contribution is 2.34. The van der Waals surface area contributed by atoms with Crippen molar-refractivity contribution in [2.24, 2.45) is 0 Å². The molecule has 0 bridgehead atoms. The van der Waals surface area contributed by atoms with E-state index in [9.17, 15) is 0 Å². The summed E-state index contributed by atoms with van der Waals surface area (Å²) in [6.07, 6.45) is 0.971. The molecule has 1 atom stereocenters. The van der Waals surface area contributed by atoms with Crippen molar-refractivity contribution in [1.29, 1.82) is 0 Å². The van der Waals surface area contributed by atoms with E-state index in [4.69, 9.17) is 16.3 Å². The van der Waals surface area contributed by atoms with Crippen LogP contribution in [0.2, 0.25) is 0 Å². The minimum absolute atomic E-state index is 0.0726. The summed E-state index contributed by atoms with van der Waals surface area (Å²) in [7, 11) is 0. The van der Waals surface area contributed by atoms with Crippen molar-refractivity contribution in [2.45, 2.75) is 19.4 Å². The van der Waals surface area contributed by atoms with Crippen molar-refractivity contribution in [3.05, 3.63) is 35.7 Å². The molecular formula is C12H12ClN3O. The molecule has 4 nitrogen and oxygen atoms in total. The predicted octanol–water partition coefficient (Wildman–Crippen LogP) is 2.95. The fourth-order valence-corrected chi connectivity index (χ4v) is 2.07.